The van der Waals surface area contributed by atoms with E-state index in [9.17, 15) is 4.79 Å². The molecule has 0 bridgehead atoms. The molecule has 3 nitrogen and oxygen atoms in total. The van der Waals surface area contributed by atoms with E-state index in [2.05, 4.69) is 54.8 Å². The van der Waals surface area contributed by atoms with E-state index in [0.29, 0.717) is 6.42 Å². The molecule has 0 saturated carbocycles. The number of carbonyl (C=O) groups is 1. The normalized spacial score (nSPS) is 12.8. The molecule has 0 radical (unpaired) electrons. The summed E-state index contributed by atoms with van der Waals surface area (Å²) in [5, 5.41) is 8.82. The van der Waals surface area contributed by atoms with Crippen molar-refractivity contribution in [1.82, 2.24) is 10.6 Å². The molecule has 2 aromatic carbocycles. The third-order valence-corrected chi connectivity index (χ3v) is 3.54. The number of fused-ring (bicyclic) bond motifs is 1. The Morgan fingerprint density at radius 2 is 1.64 bits per heavy atom. The van der Waals surface area contributed by atoms with Crippen LogP contribution in [-0.4, -0.2) is 24.0 Å². The lowest BCUT2D eigenvalue weighted by molar-refractivity contribution is -0.123. The fraction of sp³-hybridized carbons (Fsp3) is 0.421. The van der Waals surface area contributed by atoms with Gasteiger partial charge in [-0.25, -0.2) is 0 Å². The van der Waals surface area contributed by atoms with Gasteiger partial charge >= 0.3 is 0 Å². The molecule has 3 heteroatoms. The lowest BCUT2D eigenvalue weighted by Crippen LogP contribution is -2.49. The molecule has 2 N–H and O–H groups in total. The molecule has 0 aliphatic carbocycles. The van der Waals surface area contributed by atoms with Gasteiger partial charge in [0.1, 0.15) is 0 Å². The van der Waals surface area contributed by atoms with E-state index in [-0.39, 0.29) is 24.0 Å². The second kappa shape index (κ2) is 7.41. The molecular formula is C19H26N2O. The predicted octanol–water partition coefficient (Wildman–Crippen LogP) is 3.27. The summed E-state index contributed by atoms with van der Waals surface area (Å²) in [6.45, 7) is 8.10. The highest BCUT2D eigenvalue weighted by atomic mass is 16.2. The van der Waals surface area contributed by atoms with Crippen molar-refractivity contribution in [1.29, 1.82) is 0 Å². The standard InChI is InChI=1S/C19H26N2O/c1-13(2)20-18(19(22)21-14(3)4)12-15-9-10-16-7-5-6-8-17(16)11-15/h5-11,13-14,18,20H,12H2,1-4H3,(H,21,22)/t18-/m0/s1. The third kappa shape index (κ3) is 4.57. The van der Waals surface area contributed by atoms with Gasteiger partial charge in [-0.15, -0.1) is 0 Å². The van der Waals surface area contributed by atoms with Crippen LogP contribution >= 0.6 is 0 Å². The molecule has 1 atom stereocenters. The molecule has 0 aliphatic heterocycles. The number of amides is 1. The van der Waals surface area contributed by atoms with Gasteiger partial charge in [0.2, 0.25) is 5.91 Å². The van der Waals surface area contributed by atoms with Crippen LogP contribution in [0.3, 0.4) is 0 Å². The minimum Gasteiger partial charge on any atom is -0.353 e. The maximum Gasteiger partial charge on any atom is 0.237 e. The summed E-state index contributed by atoms with van der Waals surface area (Å²) in [4.78, 5) is 12.4. The van der Waals surface area contributed by atoms with Crippen molar-refractivity contribution in [2.45, 2.75) is 52.2 Å². The van der Waals surface area contributed by atoms with Crippen LogP contribution in [0.1, 0.15) is 33.3 Å². The van der Waals surface area contributed by atoms with Gasteiger partial charge in [-0.1, -0.05) is 56.3 Å². The number of carbonyl (C=O) groups excluding carboxylic acids is 1. The molecule has 118 valence electrons. The fourth-order valence-electron chi connectivity index (χ4n) is 2.62. The number of rotatable bonds is 6. The minimum atomic E-state index is -0.205. The zero-order valence-electron chi connectivity index (χ0n) is 13.9. The van der Waals surface area contributed by atoms with Gasteiger partial charge in [0.15, 0.2) is 0 Å². The Balaban J connectivity index is 2.18. The molecule has 0 aliphatic rings. The SMILES string of the molecule is CC(C)NC(=O)[C@H](Cc1ccc2ccccc2c1)NC(C)C. The Morgan fingerprint density at radius 3 is 2.27 bits per heavy atom. The molecule has 0 fully saturated rings. The summed E-state index contributed by atoms with van der Waals surface area (Å²) < 4.78 is 0. The molecule has 0 saturated heterocycles. The third-order valence-electron chi connectivity index (χ3n) is 3.54. The van der Waals surface area contributed by atoms with E-state index in [1.54, 1.807) is 0 Å². The van der Waals surface area contributed by atoms with Crippen LogP contribution in [0.5, 0.6) is 0 Å². The summed E-state index contributed by atoms with van der Waals surface area (Å²) in [5.41, 5.74) is 1.18. The molecule has 0 heterocycles. The van der Waals surface area contributed by atoms with Gasteiger partial charge in [0, 0.05) is 12.1 Å². The van der Waals surface area contributed by atoms with E-state index in [1.165, 1.54) is 16.3 Å². The Kier molecular flexibility index (Phi) is 5.56. The van der Waals surface area contributed by atoms with E-state index < -0.39 is 0 Å². The van der Waals surface area contributed by atoms with Crippen molar-refractivity contribution in [3.05, 3.63) is 48.0 Å². The second-order valence-electron chi connectivity index (χ2n) is 6.42. The van der Waals surface area contributed by atoms with Crippen LogP contribution in [0.15, 0.2) is 42.5 Å². The van der Waals surface area contributed by atoms with Crippen molar-refractivity contribution in [2.24, 2.45) is 0 Å². The number of benzene rings is 2. The van der Waals surface area contributed by atoms with Gasteiger partial charge in [0.05, 0.1) is 6.04 Å². The molecule has 2 rings (SSSR count). The van der Waals surface area contributed by atoms with Crippen molar-refractivity contribution in [3.8, 4) is 0 Å². The molecule has 0 aromatic heterocycles. The Bertz CT molecular complexity index is 634. The maximum atomic E-state index is 12.4. The monoisotopic (exact) mass is 298 g/mol. The highest BCUT2D eigenvalue weighted by Gasteiger charge is 2.20. The largest absolute Gasteiger partial charge is 0.353 e. The van der Waals surface area contributed by atoms with E-state index in [0.717, 1.165) is 0 Å². The van der Waals surface area contributed by atoms with Gasteiger partial charge in [-0.3, -0.25) is 4.79 Å². The lowest BCUT2D eigenvalue weighted by Gasteiger charge is -2.22. The maximum absolute atomic E-state index is 12.4. The first-order chi connectivity index (χ1) is 10.5. The molecule has 2 aromatic rings. The second-order valence-corrected chi connectivity index (χ2v) is 6.42. The first-order valence-electron chi connectivity index (χ1n) is 8.00. The summed E-state index contributed by atoms with van der Waals surface area (Å²) in [7, 11) is 0. The molecule has 0 unspecified atom stereocenters. The smallest absolute Gasteiger partial charge is 0.237 e. The lowest BCUT2D eigenvalue weighted by atomic mass is 10.0. The van der Waals surface area contributed by atoms with Crippen molar-refractivity contribution in [2.75, 3.05) is 0 Å². The van der Waals surface area contributed by atoms with Crippen LogP contribution in [-0.2, 0) is 11.2 Å². The zero-order chi connectivity index (χ0) is 16.1. The predicted molar refractivity (Wildman–Crippen MR) is 93.0 cm³/mol. The fourth-order valence-corrected chi connectivity index (χ4v) is 2.62. The minimum absolute atomic E-state index is 0.0665. The average molecular weight is 298 g/mol. The van der Waals surface area contributed by atoms with Crippen LogP contribution in [0, 0.1) is 0 Å². The molecular weight excluding hydrogens is 272 g/mol. The summed E-state index contributed by atoms with van der Waals surface area (Å²) in [6, 6.07) is 14.9. The van der Waals surface area contributed by atoms with Gasteiger partial charge in [0.25, 0.3) is 0 Å². The first kappa shape index (κ1) is 16.5. The van der Waals surface area contributed by atoms with Gasteiger partial charge < -0.3 is 10.6 Å². The average Bonchev–Trinajstić information content (AvgIpc) is 2.45. The Labute approximate surface area is 133 Å². The summed E-state index contributed by atoms with van der Waals surface area (Å²) in [5.74, 6) is 0.0665. The highest BCUT2D eigenvalue weighted by molar-refractivity contribution is 5.84. The van der Waals surface area contributed by atoms with E-state index in [4.69, 9.17) is 0 Å². The van der Waals surface area contributed by atoms with E-state index in [1.807, 2.05) is 26.0 Å². The number of nitrogens with one attached hydrogen (secondary N) is 2. The highest BCUT2D eigenvalue weighted by Crippen LogP contribution is 2.17. The Hall–Kier alpha value is -1.87. The number of hydrogen-bond acceptors (Lipinski definition) is 2. The topological polar surface area (TPSA) is 41.1 Å². The summed E-state index contributed by atoms with van der Waals surface area (Å²) >= 11 is 0. The van der Waals surface area contributed by atoms with E-state index >= 15 is 0 Å². The van der Waals surface area contributed by atoms with Crippen molar-refractivity contribution >= 4 is 16.7 Å². The quantitative estimate of drug-likeness (QED) is 0.859. The number of hydrogen-bond donors (Lipinski definition) is 2. The molecule has 1 amide bonds. The van der Waals surface area contributed by atoms with Crippen LogP contribution in [0.4, 0.5) is 0 Å². The Morgan fingerprint density at radius 1 is 0.955 bits per heavy atom. The van der Waals surface area contributed by atoms with Crippen LogP contribution in [0.2, 0.25) is 0 Å². The molecule has 22 heavy (non-hydrogen) atoms. The molecule has 0 spiro atoms. The zero-order valence-corrected chi connectivity index (χ0v) is 13.9. The van der Waals surface area contributed by atoms with Gasteiger partial charge in [-0.05, 0) is 36.6 Å². The van der Waals surface area contributed by atoms with Crippen molar-refractivity contribution < 1.29 is 4.79 Å². The van der Waals surface area contributed by atoms with Crippen LogP contribution < -0.4 is 10.6 Å². The van der Waals surface area contributed by atoms with Gasteiger partial charge in [-0.2, -0.15) is 0 Å². The van der Waals surface area contributed by atoms with Crippen molar-refractivity contribution in [3.63, 3.8) is 0 Å². The van der Waals surface area contributed by atoms with Crippen LogP contribution in [0.25, 0.3) is 10.8 Å². The first-order valence-corrected chi connectivity index (χ1v) is 8.00. The summed E-state index contributed by atoms with van der Waals surface area (Å²) in [6.07, 6.45) is 0.696.